The number of allylic oxidation sites excluding steroid dienone is 1. The largest absolute Gasteiger partial charge is 0.326 e. The Bertz CT molecular complexity index is 1010. The van der Waals surface area contributed by atoms with Gasteiger partial charge < -0.3 is 5.32 Å². The summed E-state index contributed by atoms with van der Waals surface area (Å²) in [6.07, 6.45) is 1.78. The van der Waals surface area contributed by atoms with E-state index in [-0.39, 0.29) is 16.9 Å². The van der Waals surface area contributed by atoms with Crippen molar-refractivity contribution in [1.82, 2.24) is 14.8 Å². The highest BCUT2D eigenvalue weighted by molar-refractivity contribution is 8.00. The quantitative estimate of drug-likeness (QED) is 0.340. The molecule has 3 aromatic rings. The van der Waals surface area contributed by atoms with Crippen LogP contribution in [0.15, 0.2) is 72.4 Å². The Morgan fingerprint density at radius 1 is 1.14 bits per heavy atom. The first-order valence-corrected chi connectivity index (χ1v) is 10.1. The molecule has 0 saturated carbocycles. The van der Waals surface area contributed by atoms with Crippen LogP contribution in [0.25, 0.3) is 11.4 Å². The molecule has 2 aromatic carbocycles. The highest BCUT2D eigenvalue weighted by Gasteiger charge is 2.21. The predicted octanol–water partition coefficient (Wildman–Crippen LogP) is 4.45. The minimum atomic E-state index is -0.349. The fraction of sp³-hybridized carbons (Fsp3) is 0.182. The molecule has 0 fully saturated rings. The number of rotatable bonds is 8. The molecule has 0 aliphatic heterocycles. The third-order valence-electron chi connectivity index (χ3n) is 4.20. The average Bonchev–Trinajstić information content (AvgIpc) is 3.11. The normalized spacial score (nSPS) is 11.7. The molecule has 29 heavy (non-hydrogen) atoms. The van der Waals surface area contributed by atoms with Crippen LogP contribution in [0, 0.1) is 0 Å². The summed E-state index contributed by atoms with van der Waals surface area (Å²) >= 11 is 1.37. The Hall–Kier alpha value is -3.19. The van der Waals surface area contributed by atoms with E-state index < -0.39 is 0 Å². The van der Waals surface area contributed by atoms with E-state index in [0.717, 1.165) is 11.4 Å². The standard InChI is InChI=1S/C22H22N4O2S/c1-4-14-26-21(18-8-6-5-7-9-18)24-25-22(26)29-15(2)20(28)17-10-12-19(13-11-17)23-16(3)27/h4-13,15H,1,14H2,2-3H3,(H,23,27). The van der Waals surface area contributed by atoms with E-state index in [9.17, 15) is 9.59 Å². The van der Waals surface area contributed by atoms with E-state index in [1.54, 1.807) is 30.3 Å². The van der Waals surface area contributed by atoms with Crippen LogP contribution in [0.3, 0.4) is 0 Å². The van der Waals surface area contributed by atoms with Crippen LogP contribution in [-0.4, -0.2) is 31.7 Å². The number of hydrogen-bond acceptors (Lipinski definition) is 5. The molecule has 3 rings (SSSR count). The third-order valence-corrected chi connectivity index (χ3v) is 5.28. The molecule has 0 spiro atoms. The Labute approximate surface area is 174 Å². The molecule has 0 bridgehead atoms. The average molecular weight is 407 g/mol. The van der Waals surface area contributed by atoms with Gasteiger partial charge in [-0.05, 0) is 31.2 Å². The summed E-state index contributed by atoms with van der Waals surface area (Å²) in [4.78, 5) is 24.0. The summed E-state index contributed by atoms with van der Waals surface area (Å²) in [5.41, 5.74) is 2.20. The number of nitrogens with zero attached hydrogens (tertiary/aromatic N) is 3. The summed E-state index contributed by atoms with van der Waals surface area (Å²) < 4.78 is 1.96. The number of Topliss-reactive ketones (excluding diaryl/α,β-unsaturated/α-hetero) is 1. The van der Waals surface area contributed by atoms with Gasteiger partial charge in [-0.25, -0.2) is 0 Å². The molecule has 0 saturated heterocycles. The van der Waals surface area contributed by atoms with Crippen molar-refractivity contribution in [3.8, 4) is 11.4 Å². The second-order valence-electron chi connectivity index (χ2n) is 6.45. The van der Waals surface area contributed by atoms with Crippen molar-refractivity contribution < 1.29 is 9.59 Å². The lowest BCUT2D eigenvalue weighted by atomic mass is 10.1. The first-order chi connectivity index (χ1) is 14.0. The first kappa shape index (κ1) is 20.5. The van der Waals surface area contributed by atoms with Gasteiger partial charge in [-0.2, -0.15) is 0 Å². The number of nitrogens with one attached hydrogen (secondary N) is 1. The number of benzene rings is 2. The number of anilines is 1. The molecule has 0 aliphatic carbocycles. The lowest BCUT2D eigenvalue weighted by molar-refractivity contribution is -0.114. The molecule has 1 heterocycles. The Balaban J connectivity index is 1.78. The summed E-state index contributed by atoms with van der Waals surface area (Å²) in [6, 6.07) is 16.7. The minimum absolute atomic E-state index is 0.0150. The third kappa shape index (κ3) is 5.00. The Morgan fingerprint density at radius 3 is 2.45 bits per heavy atom. The highest BCUT2D eigenvalue weighted by atomic mass is 32.2. The SMILES string of the molecule is C=CCn1c(SC(C)C(=O)c2ccc(NC(C)=O)cc2)nnc1-c1ccccc1. The van der Waals surface area contributed by atoms with Gasteiger partial charge in [-0.1, -0.05) is 48.2 Å². The van der Waals surface area contributed by atoms with Crippen LogP contribution in [0.1, 0.15) is 24.2 Å². The van der Waals surface area contributed by atoms with E-state index in [1.807, 2.05) is 41.8 Å². The predicted molar refractivity (Wildman–Crippen MR) is 116 cm³/mol. The summed E-state index contributed by atoms with van der Waals surface area (Å²) in [6.45, 7) is 7.66. The van der Waals surface area contributed by atoms with Crippen LogP contribution in [0.2, 0.25) is 0 Å². The summed E-state index contributed by atoms with van der Waals surface area (Å²) in [5.74, 6) is 0.579. The molecule has 148 valence electrons. The van der Waals surface area contributed by atoms with Crippen molar-refractivity contribution in [3.05, 3.63) is 72.8 Å². The monoisotopic (exact) mass is 406 g/mol. The summed E-state index contributed by atoms with van der Waals surface area (Å²) in [7, 11) is 0. The number of ketones is 1. The maximum Gasteiger partial charge on any atom is 0.221 e. The highest BCUT2D eigenvalue weighted by Crippen LogP contribution is 2.28. The molecular weight excluding hydrogens is 384 g/mol. The van der Waals surface area contributed by atoms with Gasteiger partial charge in [0.05, 0.1) is 5.25 Å². The number of carbonyl (C=O) groups is 2. The zero-order valence-electron chi connectivity index (χ0n) is 16.3. The zero-order valence-corrected chi connectivity index (χ0v) is 17.1. The van der Waals surface area contributed by atoms with Crippen molar-refractivity contribution in [3.63, 3.8) is 0 Å². The molecule has 7 heteroatoms. The molecule has 1 N–H and O–H groups in total. The van der Waals surface area contributed by atoms with Gasteiger partial charge in [0, 0.05) is 30.3 Å². The van der Waals surface area contributed by atoms with Gasteiger partial charge in [0.15, 0.2) is 16.8 Å². The lowest BCUT2D eigenvalue weighted by Gasteiger charge is -2.12. The van der Waals surface area contributed by atoms with Crippen LogP contribution in [0.5, 0.6) is 0 Å². The zero-order chi connectivity index (χ0) is 20.8. The van der Waals surface area contributed by atoms with Gasteiger partial charge >= 0.3 is 0 Å². The summed E-state index contributed by atoms with van der Waals surface area (Å²) in [5, 5.41) is 11.6. The van der Waals surface area contributed by atoms with E-state index in [2.05, 4.69) is 22.1 Å². The van der Waals surface area contributed by atoms with Crippen molar-refractivity contribution >= 4 is 29.1 Å². The van der Waals surface area contributed by atoms with Crippen LogP contribution < -0.4 is 5.32 Å². The Kier molecular flexibility index (Phi) is 6.61. The van der Waals surface area contributed by atoms with Crippen molar-refractivity contribution in [2.75, 3.05) is 5.32 Å². The van der Waals surface area contributed by atoms with Crippen molar-refractivity contribution in [2.24, 2.45) is 0 Å². The maximum absolute atomic E-state index is 12.8. The molecule has 1 unspecified atom stereocenters. The number of hydrogen-bond donors (Lipinski definition) is 1. The second-order valence-corrected chi connectivity index (χ2v) is 7.76. The second kappa shape index (κ2) is 9.34. The van der Waals surface area contributed by atoms with Gasteiger partial charge in [0.1, 0.15) is 0 Å². The molecule has 6 nitrogen and oxygen atoms in total. The lowest BCUT2D eigenvalue weighted by Crippen LogP contribution is -2.15. The fourth-order valence-electron chi connectivity index (χ4n) is 2.84. The Morgan fingerprint density at radius 2 is 1.83 bits per heavy atom. The van der Waals surface area contributed by atoms with Gasteiger partial charge in [0.25, 0.3) is 0 Å². The minimum Gasteiger partial charge on any atom is -0.326 e. The van der Waals surface area contributed by atoms with Gasteiger partial charge in [0.2, 0.25) is 5.91 Å². The molecular formula is C22H22N4O2S. The number of amides is 1. The van der Waals surface area contributed by atoms with Crippen LogP contribution in [0.4, 0.5) is 5.69 Å². The topological polar surface area (TPSA) is 76.9 Å². The van der Waals surface area contributed by atoms with Gasteiger partial charge in [-0.3, -0.25) is 14.2 Å². The smallest absolute Gasteiger partial charge is 0.221 e. The fourth-order valence-corrected chi connectivity index (χ4v) is 3.77. The number of aromatic nitrogens is 3. The molecule has 1 amide bonds. The molecule has 1 atom stereocenters. The van der Waals surface area contributed by atoms with Crippen LogP contribution in [-0.2, 0) is 11.3 Å². The van der Waals surface area contributed by atoms with E-state index in [4.69, 9.17) is 0 Å². The molecule has 1 aromatic heterocycles. The van der Waals surface area contributed by atoms with E-state index in [1.165, 1.54) is 18.7 Å². The van der Waals surface area contributed by atoms with Crippen molar-refractivity contribution in [2.45, 2.75) is 30.8 Å². The van der Waals surface area contributed by atoms with E-state index >= 15 is 0 Å². The number of thioether (sulfide) groups is 1. The first-order valence-electron chi connectivity index (χ1n) is 9.17. The van der Waals surface area contributed by atoms with Crippen molar-refractivity contribution in [1.29, 1.82) is 0 Å². The maximum atomic E-state index is 12.8. The van der Waals surface area contributed by atoms with Crippen LogP contribution >= 0.6 is 11.8 Å². The van der Waals surface area contributed by atoms with Gasteiger partial charge in [-0.15, -0.1) is 16.8 Å². The molecule has 0 radical (unpaired) electrons. The van der Waals surface area contributed by atoms with E-state index in [0.29, 0.717) is 23.0 Å². The number of carbonyl (C=O) groups excluding carboxylic acids is 2. The molecule has 0 aliphatic rings.